The number of aromatic nitrogens is 3. The van der Waals surface area contributed by atoms with Crippen molar-refractivity contribution in [3.63, 3.8) is 0 Å². The Bertz CT molecular complexity index is 2870. The summed E-state index contributed by atoms with van der Waals surface area (Å²) in [5, 5.41) is 4.74. The Balaban J connectivity index is 1.19. The van der Waals surface area contributed by atoms with Gasteiger partial charge in [0, 0.05) is 59.4 Å². The minimum absolute atomic E-state index is 0.657. The van der Waals surface area contributed by atoms with E-state index in [4.69, 9.17) is 14.4 Å². The van der Waals surface area contributed by atoms with E-state index in [0.29, 0.717) is 5.82 Å². The van der Waals surface area contributed by atoms with E-state index in [0.717, 1.165) is 72.4 Å². The Labute approximate surface area is 292 Å². The van der Waals surface area contributed by atoms with E-state index in [9.17, 15) is 0 Å². The molecule has 10 aromatic rings. The second kappa shape index (κ2) is 11.6. The summed E-state index contributed by atoms with van der Waals surface area (Å²) in [5.74, 6) is 0.657. The lowest BCUT2D eigenvalue weighted by Crippen LogP contribution is -1.96. The first-order chi connectivity index (χ1) is 24.8. The van der Waals surface area contributed by atoms with Crippen LogP contribution in [-0.2, 0) is 0 Å². The minimum Gasteiger partial charge on any atom is -0.455 e. The molecule has 0 aliphatic heterocycles. The smallest absolute Gasteiger partial charge is 0.160 e. The fraction of sp³-hybridized carbons (Fsp3) is 0. The molecular weight excluding hydrogens is 631 g/mol. The maximum absolute atomic E-state index is 6.74. The number of para-hydroxylation sites is 1. The molecule has 5 heteroatoms. The van der Waals surface area contributed by atoms with Crippen molar-refractivity contribution in [3.8, 4) is 56.3 Å². The number of rotatable bonds is 5. The fourth-order valence-corrected chi connectivity index (χ4v) is 8.13. The largest absolute Gasteiger partial charge is 0.455 e. The van der Waals surface area contributed by atoms with Crippen LogP contribution in [0.15, 0.2) is 168 Å². The zero-order valence-corrected chi connectivity index (χ0v) is 27.6. The summed E-state index contributed by atoms with van der Waals surface area (Å²) in [6.45, 7) is 0. The lowest BCUT2D eigenvalue weighted by Gasteiger charge is -2.12. The Kier molecular flexibility index (Phi) is 6.64. The third-order valence-electron chi connectivity index (χ3n) is 9.37. The van der Waals surface area contributed by atoms with Gasteiger partial charge in [-0.05, 0) is 59.7 Å². The molecule has 10 rings (SSSR count). The van der Waals surface area contributed by atoms with Crippen molar-refractivity contribution >= 4 is 53.4 Å². The van der Waals surface area contributed by atoms with E-state index in [1.807, 2.05) is 66.1 Å². The van der Waals surface area contributed by atoms with Gasteiger partial charge in [-0.1, -0.05) is 109 Å². The topological polar surface area (TPSA) is 51.8 Å². The molecule has 0 N–H and O–H groups in total. The summed E-state index contributed by atoms with van der Waals surface area (Å²) in [4.78, 5) is 14.9. The van der Waals surface area contributed by atoms with Gasteiger partial charge >= 0.3 is 0 Å². The first-order valence-electron chi connectivity index (χ1n) is 16.6. The van der Waals surface area contributed by atoms with Gasteiger partial charge in [0.05, 0.1) is 17.1 Å². The number of nitrogens with zero attached hydrogens (tertiary/aromatic N) is 3. The second-order valence-corrected chi connectivity index (χ2v) is 13.5. The molecule has 4 aromatic heterocycles. The van der Waals surface area contributed by atoms with Crippen molar-refractivity contribution in [2.45, 2.75) is 0 Å². The summed E-state index contributed by atoms with van der Waals surface area (Å²) in [6, 6.07) is 54.7. The second-order valence-electron chi connectivity index (χ2n) is 12.4. The van der Waals surface area contributed by atoms with E-state index in [2.05, 4.69) is 114 Å². The molecule has 0 unspecified atom stereocenters. The highest BCUT2D eigenvalue weighted by Crippen LogP contribution is 2.44. The van der Waals surface area contributed by atoms with Gasteiger partial charge in [0.1, 0.15) is 11.2 Å². The number of hydrogen-bond acceptors (Lipinski definition) is 5. The highest BCUT2D eigenvalue weighted by Gasteiger charge is 2.20. The third-order valence-corrected chi connectivity index (χ3v) is 10.5. The van der Waals surface area contributed by atoms with Gasteiger partial charge in [-0.25, -0.2) is 9.97 Å². The number of fused-ring (bicyclic) bond motifs is 6. The van der Waals surface area contributed by atoms with E-state index in [-0.39, 0.29) is 0 Å². The van der Waals surface area contributed by atoms with Gasteiger partial charge in [-0.3, -0.25) is 4.98 Å². The van der Waals surface area contributed by atoms with Crippen molar-refractivity contribution in [2.24, 2.45) is 0 Å². The first-order valence-corrected chi connectivity index (χ1v) is 17.4. The van der Waals surface area contributed by atoms with Crippen LogP contribution in [0.2, 0.25) is 0 Å². The highest BCUT2D eigenvalue weighted by atomic mass is 32.1. The van der Waals surface area contributed by atoms with E-state index in [1.54, 1.807) is 0 Å². The Morgan fingerprint density at radius 1 is 0.440 bits per heavy atom. The lowest BCUT2D eigenvalue weighted by atomic mass is 9.95. The van der Waals surface area contributed by atoms with Crippen LogP contribution in [0.1, 0.15) is 0 Å². The van der Waals surface area contributed by atoms with Crippen LogP contribution in [0.3, 0.4) is 0 Å². The summed E-state index contributed by atoms with van der Waals surface area (Å²) in [7, 11) is 0. The highest BCUT2D eigenvalue weighted by molar-refractivity contribution is 7.25. The van der Waals surface area contributed by atoms with Crippen molar-refractivity contribution in [2.75, 3.05) is 0 Å². The molecule has 0 radical (unpaired) electrons. The summed E-state index contributed by atoms with van der Waals surface area (Å²) in [5.41, 5.74) is 10.4. The van der Waals surface area contributed by atoms with Crippen LogP contribution in [-0.4, -0.2) is 15.0 Å². The van der Waals surface area contributed by atoms with Gasteiger partial charge in [0.15, 0.2) is 5.82 Å². The molecule has 0 spiro atoms. The van der Waals surface area contributed by atoms with Crippen molar-refractivity contribution in [1.29, 1.82) is 0 Å². The molecule has 0 bridgehead atoms. The van der Waals surface area contributed by atoms with Crippen molar-refractivity contribution in [3.05, 3.63) is 164 Å². The Hall–Kier alpha value is -6.43. The van der Waals surface area contributed by atoms with Crippen LogP contribution in [0.4, 0.5) is 0 Å². The van der Waals surface area contributed by atoms with Crippen LogP contribution >= 0.6 is 11.3 Å². The van der Waals surface area contributed by atoms with Gasteiger partial charge in [0.25, 0.3) is 0 Å². The predicted molar refractivity (Wildman–Crippen MR) is 207 cm³/mol. The molecule has 0 aliphatic rings. The third kappa shape index (κ3) is 4.79. The quantitative estimate of drug-likeness (QED) is 0.185. The normalized spacial score (nSPS) is 11.6. The molecule has 234 valence electrons. The SMILES string of the molecule is c1ccc(-c2nc(-c3cccc(-c4ccccn4)c3)cc(-c3ccc(-c4ccc5c(c4)sc4ccccc45)c4c3oc3ccccc34)n2)cc1. The maximum Gasteiger partial charge on any atom is 0.160 e. The standard InChI is InChI=1S/C45H27N3OS/c1-2-11-28(12-3-1)45-47-38(31-14-10-13-30(25-31)37-17-8-9-24-46-37)27-39(48-45)35-23-22-32(43-36-16-4-6-18-40(36)49-44(35)43)29-20-21-34-33-15-5-7-19-41(33)50-42(34)26-29/h1-27H. The Morgan fingerprint density at radius 2 is 1.16 bits per heavy atom. The lowest BCUT2D eigenvalue weighted by molar-refractivity contribution is 0.670. The number of pyridine rings is 1. The molecule has 0 aliphatic carbocycles. The molecule has 0 saturated carbocycles. The molecule has 6 aromatic carbocycles. The van der Waals surface area contributed by atoms with Crippen LogP contribution in [0.25, 0.3) is 98.4 Å². The number of furan rings is 1. The summed E-state index contributed by atoms with van der Waals surface area (Å²) < 4.78 is 9.31. The minimum atomic E-state index is 0.657. The number of thiophene rings is 1. The van der Waals surface area contributed by atoms with Crippen LogP contribution < -0.4 is 0 Å². The molecule has 0 amide bonds. The zero-order chi connectivity index (χ0) is 33.0. The van der Waals surface area contributed by atoms with Crippen molar-refractivity contribution in [1.82, 2.24) is 15.0 Å². The molecule has 0 fully saturated rings. The van der Waals surface area contributed by atoms with Gasteiger partial charge in [-0.2, -0.15) is 0 Å². The van der Waals surface area contributed by atoms with Crippen LogP contribution in [0.5, 0.6) is 0 Å². The van der Waals surface area contributed by atoms with Gasteiger partial charge in [-0.15, -0.1) is 11.3 Å². The maximum atomic E-state index is 6.74. The summed E-state index contributed by atoms with van der Waals surface area (Å²) >= 11 is 1.84. The molecule has 4 nitrogen and oxygen atoms in total. The monoisotopic (exact) mass is 657 g/mol. The number of hydrogen-bond donors (Lipinski definition) is 0. The van der Waals surface area contributed by atoms with E-state index < -0.39 is 0 Å². The molecular formula is C45H27N3OS. The van der Waals surface area contributed by atoms with E-state index in [1.165, 1.54) is 20.2 Å². The average molecular weight is 658 g/mol. The zero-order valence-electron chi connectivity index (χ0n) is 26.7. The Morgan fingerprint density at radius 3 is 2.04 bits per heavy atom. The first kappa shape index (κ1) is 28.6. The van der Waals surface area contributed by atoms with E-state index >= 15 is 0 Å². The number of benzene rings is 6. The average Bonchev–Trinajstić information content (AvgIpc) is 3.77. The van der Waals surface area contributed by atoms with Gasteiger partial charge < -0.3 is 4.42 Å². The molecule has 50 heavy (non-hydrogen) atoms. The predicted octanol–water partition coefficient (Wildman–Crippen LogP) is 12.5. The van der Waals surface area contributed by atoms with Crippen molar-refractivity contribution < 1.29 is 4.42 Å². The van der Waals surface area contributed by atoms with Gasteiger partial charge in [0.2, 0.25) is 0 Å². The molecule has 0 saturated heterocycles. The molecule has 4 heterocycles. The van der Waals surface area contributed by atoms with Crippen LogP contribution in [0, 0.1) is 0 Å². The summed E-state index contributed by atoms with van der Waals surface area (Å²) in [6.07, 6.45) is 1.82. The molecule has 0 atom stereocenters. The fourth-order valence-electron chi connectivity index (χ4n) is 6.98.